The molecule has 1 unspecified atom stereocenters. The Bertz CT molecular complexity index is 517. The number of Topliss-reactive ketones (excluding diaryl/α,β-unsaturated/α-hetero) is 1. The smallest absolute Gasteiger partial charge is 0.251 e. The molecule has 0 saturated heterocycles. The fraction of sp³-hybridized carbons (Fsp3) is 0.579. The van der Waals surface area contributed by atoms with Gasteiger partial charge in [0.15, 0.2) is 5.78 Å². The van der Waals surface area contributed by atoms with Crippen molar-refractivity contribution in [2.24, 2.45) is 11.7 Å². The summed E-state index contributed by atoms with van der Waals surface area (Å²) in [5, 5.41) is 12.9. The van der Waals surface area contributed by atoms with Gasteiger partial charge in [-0.15, -0.1) is 0 Å². The lowest BCUT2D eigenvalue weighted by Crippen LogP contribution is -2.52. The van der Waals surface area contributed by atoms with E-state index in [0.29, 0.717) is 19.3 Å². The van der Waals surface area contributed by atoms with Crippen molar-refractivity contribution in [3.05, 3.63) is 35.9 Å². The van der Waals surface area contributed by atoms with E-state index in [2.05, 4.69) is 5.32 Å². The number of benzene rings is 1. The van der Waals surface area contributed by atoms with Crippen molar-refractivity contribution < 1.29 is 14.7 Å². The molecular formula is C19H30N2O3. The highest BCUT2D eigenvalue weighted by atomic mass is 16.3. The summed E-state index contributed by atoms with van der Waals surface area (Å²) in [6, 6.07) is 8.19. The number of hydrogen-bond acceptors (Lipinski definition) is 4. The second kappa shape index (κ2) is 10.2. The van der Waals surface area contributed by atoms with Gasteiger partial charge in [-0.2, -0.15) is 0 Å². The Balaban J connectivity index is 2.66. The summed E-state index contributed by atoms with van der Waals surface area (Å²) < 4.78 is 0. The van der Waals surface area contributed by atoms with E-state index >= 15 is 0 Å². The Hall–Kier alpha value is -1.72. The molecule has 0 bridgehead atoms. The maximum atomic E-state index is 12.3. The molecule has 5 nitrogen and oxygen atoms in total. The van der Waals surface area contributed by atoms with Gasteiger partial charge in [-0.1, -0.05) is 51.1 Å². The predicted molar refractivity (Wildman–Crippen MR) is 95.4 cm³/mol. The van der Waals surface area contributed by atoms with Crippen LogP contribution in [0.1, 0.15) is 45.6 Å². The van der Waals surface area contributed by atoms with Crippen molar-refractivity contribution in [3.63, 3.8) is 0 Å². The normalized spacial score (nSPS) is 14.9. The highest BCUT2D eigenvalue weighted by Crippen LogP contribution is 2.10. The zero-order chi connectivity index (χ0) is 18.1. The van der Waals surface area contributed by atoms with Gasteiger partial charge in [0.2, 0.25) is 0 Å². The van der Waals surface area contributed by atoms with Crippen LogP contribution in [0.15, 0.2) is 30.3 Å². The van der Waals surface area contributed by atoms with Crippen LogP contribution in [0.4, 0.5) is 0 Å². The molecule has 0 aliphatic heterocycles. The molecular weight excluding hydrogens is 304 g/mol. The van der Waals surface area contributed by atoms with Crippen molar-refractivity contribution in [2.75, 3.05) is 0 Å². The number of ketones is 1. The zero-order valence-corrected chi connectivity index (χ0v) is 14.9. The third-order valence-electron chi connectivity index (χ3n) is 3.90. The van der Waals surface area contributed by atoms with Crippen LogP contribution >= 0.6 is 0 Å². The second-order valence-electron chi connectivity index (χ2n) is 6.71. The summed E-state index contributed by atoms with van der Waals surface area (Å²) in [6.45, 7) is 5.92. The fourth-order valence-corrected chi connectivity index (χ4v) is 2.61. The van der Waals surface area contributed by atoms with Crippen molar-refractivity contribution >= 4 is 11.7 Å². The Morgan fingerprint density at radius 3 is 2.38 bits per heavy atom. The summed E-state index contributed by atoms with van der Waals surface area (Å²) >= 11 is 0. The largest absolute Gasteiger partial charge is 0.382 e. The maximum Gasteiger partial charge on any atom is 0.251 e. The lowest BCUT2D eigenvalue weighted by atomic mass is 9.96. The topological polar surface area (TPSA) is 92.4 Å². The van der Waals surface area contributed by atoms with Crippen LogP contribution < -0.4 is 11.1 Å². The molecule has 1 amide bonds. The van der Waals surface area contributed by atoms with Crippen LogP contribution in [0.25, 0.3) is 0 Å². The van der Waals surface area contributed by atoms with Gasteiger partial charge in [-0.05, 0) is 30.7 Å². The van der Waals surface area contributed by atoms with E-state index in [-0.39, 0.29) is 11.7 Å². The minimum Gasteiger partial charge on any atom is -0.382 e. The first-order valence-electron chi connectivity index (χ1n) is 8.65. The quantitative estimate of drug-likeness (QED) is 0.608. The Kier molecular flexibility index (Phi) is 8.65. The first-order chi connectivity index (χ1) is 11.3. The molecule has 0 radical (unpaired) electrons. The first kappa shape index (κ1) is 20.3. The minimum absolute atomic E-state index is 0.00313. The minimum atomic E-state index is -1.34. The zero-order valence-electron chi connectivity index (χ0n) is 14.9. The standard InChI is InChI=1S/C19H30N2O3/c1-4-8-17(22)16(11-13(2)3)21-19(24)18(23)15(20)12-14-9-6-5-7-10-14/h5-7,9-10,13,15-16,18,23H,4,8,11-12,20H2,1-3H3,(H,21,24)/t15-,16?,18+/m1/s1. The van der Waals surface area contributed by atoms with Gasteiger partial charge in [-0.3, -0.25) is 9.59 Å². The molecule has 0 spiro atoms. The molecule has 1 aromatic carbocycles. The number of carbonyl (C=O) groups excluding carboxylic acids is 2. The third-order valence-corrected chi connectivity index (χ3v) is 3.90. The highest BCUT2D eigenvalue weighted by molar-refractivity contribution is 5.90. The number of nitrogens with one attached hydrogen (secondary N) is 1. The molecule has 24 heavy (non-hydrogen) atoms. The summed E-state index contributed by atoms with van der Waals surface area (Å²) in [4.78, 5) is 24.5. The summed E-state index contributed by atoms with van der Waals surface area (Å²) in [5.74, 6) is -0.303. The number of nitrogens with two attached hydrogens (primary N) is 1. The predicted octanol–water partition coefficient (Wildman–Crippen LogP) is 1.82. The molecule has 0 aliphatic rings. The van der Waals surface area contributed by atoms with Gasteiger partial charge in [-0.25, -0.2) is 0 Å². The van der Waals surface area contributed by atoms with Gasteiger partial charge in [0.05, 0.1) is 6.04 Å². The van der Waals surface area contributed by atoms with E-state index in [1.54, 1.807) is 0 Å². The van der Waals surface area contributed by atoms with E-state index in [0.717, 1.165) is 12.0 Å². The molecule has 4 N–H and O–H groups in total. The van der Waals surface area contributed by atoms with E-state index < -0.39 is 24.1 Å². The van der Waals surface area contributed by atoms with E-state index in [4.69, 9.17) is 5.73 Å². The lowest BCUT2D eigenvalue weighted by molar-refractivity contribution is -0.134. The third kappa shape index (κ3) is 6.81. The van der Waals surface area contributed by atoms with Crippen LogP contribution in [-0.4, -0.2) is 35.0 Å². The Morgan fingerprint density at radius 1 is 1.21 bits per heavy atom. The van der Waals surface area contributed by atoms with Crippen LogP contribution in [0.5, 0.6) is 0 Å². The van der Waals surface area contributed by atoms with Gasteiger partial charge in [0, 0.05) is 12.5 Å². The molecule has 1 rings (SSSR count). The Morgan fingerprint density at radius 2 is 1.83 bits per heavy atom. The lowest BCUT2D eigenvalue weighted by Gasteiger charge is -2.23. The van der Waals surface area contributed by atoms with E-state index in [1.807, 2.05) is 51.1 Å². The monoisotopic (exact) mass is 334 g/mol. The van der Waals surface area contributed by atoms with Gasteiger partial charge < -0.3 is 16.2 Å². The van der Waals surface area contributed by atoms with E-state index in [1.165, 1.54) is 0 Å². The number of rotatable bonds is 10. The molecule has 0 aliphatic carbocycles. The number of hydrogen-bond donors (Lipinski definition) is 3. The van der Waals surface area contributed by atoms with Crippen LogP contribution in [0.2, 0.25) is 0 Å². The Labute approximate surface area is 144 Å². The molecule has 0 heterocycles. The second-order valence-corrected chi connectivity index (χ2v) is 6.71. The molecule has 0 aromatic heterocycles. The molecule has 134 valence electrons. The number of aliphatic hydroxyl groups excluding tert-OH is 1. The summed E-state index contributed by atoms with van der Waals surface area (Å²) in [7, 11) is 0. The number of aliphatic hydroxyl groups is 1. The van der Waals surface area contributed by atoms with E-state index in [9.17, 15) is 14.7 Å². The average molecular weight is 334 g/mol. The van der Waals surface area contributed by atoms with Crippen LogP contribution in [0.3, 0.4) is 0 Å². The number of carbonyl (C=O) groups is 2. The average Bonchev–Trinajstić information content (AvgIpc) is 2.54. The van der Waals surface area contributed by atoms with Gasteiger partial charge in [0.25, 0.3) is 5.91 Å². The molecule has 0 saturated carbocycles. The SMILES string of the molecule is CCCC(=O)C(CC(C)C)NC(=O)[C@@H](O)[C@H](N)Cc1ccccc1. The fourth-order valence-electron chi connectivity index (χ4n) is 2.61. The molecule has 1 aromatic rings. The van der Waals surface area contributed by atoms with Crippen molar-refractivity contribution in [1.29, 1.82) is 0 Å². The van der Waals surface area contributed by atoms with Crippen molar-refractivity contribution in [1.82, 2.24) is 5.32 Å². The van der Waals surface area contributed by atoms with Crippen molar-refractivity contribution in [3.8, 4) is 0 Å². The van der Waals surface area contributed by atoms with Crippen molar-refractivity contribution in [2.45, 2.75) is 64.6 Å². The van der Waals surface area contributed by atoms with Crippen LogP contribution in [-0.2, 0) is 16.0 Å². The van der Waals surface area contributed by atoms with Gasteiger partial charge >= 0.3 is 0 Å². The van der Waals surface area contributed by atoms with Crippen LogP contribution in [0, 0.1) is 5.92 Å². The number of amides is 1. The summed E-state index contributed by atoms with van der Waals surface area (Å²) in [6.07, 6.45) is 0.774. The molecule has 0 fully saturated rings. The molecule has 5 heteroatoms. The first-order valence-corrected chi connectivity index (χ1v) is 8.65. The summed E-state index contributed by atoms with van der Waals surface area (Å²) in [5.41, 5.74) is 6.92. The maximum absolute atomic E-state index is 12.3. The molecule has 3 atom stereocenters. The van der Waals surface area contributed by atoms with Gasteiger partial charge in [0.1, 0.15) is 6.10 Å². The highest BCUT2D eigenvalue weighted by Gasteiger charge is 2.28.